The summed E-state index contributed by atoms with van der Waals surface area (Å²) < 4.78 is 13.7. The van der Waals surface area contributed by atoms with E-state index in [4.69, 9.17) is 5.73 Å². The standard InChI is InChI=1S/C14H12FNO/c1-9-12(10-5-3-2-4-6-10)7-11(14(16)17)8-13(9)15/h2-8H,1H3,(H2,16,17). The summed E-state index contributed by atoms with van der Waals surface area (Å²) in [7, 11) is 0. The smallest absolute Gasteiger partial charge is 0.248 e. The third kappa shape index (κ3) is 2.18. The zero-order valence-electron chi connectivity index (χ0n) is 9.41. The summed E-state index contributed by atoms with van der Waals surface area (Å²) in [5, 5.41) is 0. The molecule has 2 N–H and O–H groups in total. The maximum Gasteiger partial charge on any atom is 0.248 e. The van der Waals surface area contributed by atoms with Gasteiger partial charge >= 0.3 is 0 Å². The molecule has 17 heavy (non-hydrogen) atoms. The van der Waals surface area contributed by atoms with Crippen molar-refractivity contribution in [2.75, 3.05) is 0 Å². The summed E-state index contributed by atoms with van der Waals surface area (Å²) >= 11 is 0. The highest BCUT2D eigenvalue weighted by Gasteiger charge is 2.11. The Hall–Kier alpha value is -2.16. The molecule has 0 atom stereocenters. The number of hydrogen-bond donors (Lipinski definition) is 1. The molecule has 0 fully saturated rings. The number of nitrogens with two attached hydrogens (primary N) is 1. The van der Waals surface area contributed by atoms with Gasteiger partial charge in [-0.3, -0.25) is 4.79 Å². The van der Waals surface area contributed by atoms with Crippen molar-refractivity contribution < 1.29 is 9.18 Å². The van der Waals surface area contributed by atoms with E-state index < -0.39 is 11.7 Å². The van der Waals surface area contributed by atoms with Crippen LogP contribution in [-0.2, 0) is 0 Å². The largest absolute Gasteiger partial charge is 0.366 e. The summed E-state index contributed by atoms with van der Waals surface area (Å²) in [5.41, 5.74) is 7.44. The molecule has 0 saturated heterocycles. The monoisotopic (exact) mass is 229 g/mol. The van der Waals surface area contributed by atoms with E-state index in [1.165, 1.54) is 6.07 Å². The third-order valence-corrected chi connectivity index (χ3v) is 2.71. The molecule has 1 amide bonds. The number of rotatable bonds is 2. The van der Waals surface area contributed by atoms with E-state index in [9.17, 15) is 9.18 Å². The predicted molar refractivity (Wildman–Crippen MR) is 65.1 cm³/mol. The Morgan fingerprint density at radius 2 is 1.82 bits per heavy atom. The highest BCUT2D eigenvalue weighted by Crippen LogP contribution is 2.26. The van der Waals surface area contributed by atoms with Crippen LogP contribution in [0.25, 0.3) is 11.1 Å². The SMILES string of the molecule is Cc1c(F)cc(C(N)=O)cc1-c1ccccc1. The Morgan fingerprint density at radius 1 is 1.18 bits per heavy atom. The zero-order valence-corrected chi connectivity index (χ0v) is 9.41. The van der Waals surface area contributed by atoms with Crippen LogP contribution < -0.4 is 5.73 Å². The molecule has 2 aromatic rings. The Bertz CT molecular complexity index is 564. The quantitative estimate of drug-likeness (QED) is 0.845. The first kappa shape index (κ1) is 11.3. The summed E-state index contributed by atoms with van der Waals surface area (Å²) in [6.45, 7) is 1.68. The minimum absolute atomic E-state index is 0.187. The van der Waals surface area contributed by atoms with Crippen molar-refractivity contribution in [3.8, 4) is 11.1 Å². The lowest BCUT2D eigenvalue weighted by Gasteiger charge is -2.09. The number of halogens is 1. The second-order valence-electron chi connectivity index (χ2n) is 3.86. The molecular formula is C14H12FNO. The first-order valence-corrected chi connectivity index (χ1v) is 5.25. The summed E-state index contributed by atoms with van der Waals surface area (Å²) in [6, 6.07) is 12.1. The van der Waals surface area contributed by atoms with Gasteiger partial charge in [0.1, 0.15) is 5.82 Å². The minimum Gasteiger partial charge on any atom is -0.366 e. The Balaban J connectivity index is 2.65. The van der Waals surface area contributed by atoms with Crippen molar-refractivity contribution in [3.05, 3.63) is 59.4 Å². The van der Waals surface area contributed by atoms with E-state index in [2.05, 4.69) is 0 Å². The van der Waals surface area contributed by atoms with Crippen LogP contribution in [0.3, 0.4) is 0 Å². The fourth-order valence-corrected chi connectivity index (χ4v) is 1.74. The van der Waals surface area contributed by atoms with Gasteiger partial charge in [0.25, 0.3) is 0 Å². The van der Waals surface area contributed by atoms with Gasteiger partial charge in [0, 0.05) is 5.56 Å². The van der Waals surface area contributed by atoms with Gasteiger partial charge in [0.05, 0.1) is 0 Å². The Labute approximate surface area is 98.9 Å². The number of primary amides is 1. The van der Waals surface area contributed by atoms with Crippen molar-refractivity contribution in [2.24, 2.45) is 5.73 Å². The topological polar surface area (TPSA) is 43.1 Å². The fraction of sp³-hybridized carbons (Fsp3) is 0.0714. The lowest BCUT2D eigenvalue weighted by molar-refractivity contribution is 0.1000. The van der Waals surface area contributed by atoms with E-state index in [1.54, 1.807) is 13.0 Å². The first-order valence-electron chi connectivity index (χ1n) is 5.25. The van der Waals surface area contributed by atoms with Crippen molar-refractivity contribution >= 4 is 5.91 Å². The van der Waals surface area contributed by atoms with E-state index >= 15 is 0 Å². The van der Waals surface area contributed by atoms with Crippen LogP contribution in [0.1, 0.15) is 15.9 Å². The van der Waals surface area contributed by atoms with Gasteiger partial charge in [0.2, 0.25) is 5.91 Å². The normalized spacial score (nSPS) is 10.2. The van der Waals surface area contributed by atoms with Gasteiger partial charge in [-0.15, -0.1) is 0 Å². The predicted octanol–water partition coefficient (Wildman–Crippen LogP) is 2.90. The fourth-order valence-electron chi connectivity index (χ4n) is 1.74. The molecule has 3 heteroatoms. The van der Waals surface area contributed by atoms with Crippen molar-refractivity contribution in [1.82, 2.24) is 0 Å². The molecule has 86 valence electrons. The summed E-state index contributed by atoms with van der Waals surface area (Å²) in [4.78, 5) is 11.1. The van der Waals surface area contributed by atoms with Crippen molar-refractivity contribution in [2.45, 2.75) is 6.92 Å². The third-order valence-electron chi connectivity index (χ3n) is 2.71. The van der Waals surface area contributed by atoms with Gasteiger partial charge in [-0.2, -0.15) is 0 Å². The Morgan fingerprint density at radius 3 is 2.41 bits per heavy atom. The molecule has 0 radical (unpaired) electrons. The van der Waals surface area contributed by atoms with Crippen LogP contribution in [0.2, 0.25) is 0 Å². The van der Waals surface area contributed by atoms with Crippen LogP contribution in [0, 0.1) is 12.7 Å². The van der Waals surface area contributed by atoms with E-state index in [0.717, 1.165) is 5.56 Å². The second-order valence-corrected chi connectivity index (χ2v) is 3.86. The molecule has 0 unspecified atom stereocenters. The van der Waals surface area contributed by atoms with Crippen LogP contribution in [0.15, 0.2) is 42.5 Å². The molecule has 0 aliphatic rings. The van der Waals surface area contributed by atoms with Gasteiger partial charge in [0.15, 0.2) is 0 Å². The highest BCUT2D eigenvalue weighted by molar-refractivity contribution is 5.94. The van der Waals surface area contributed by atoms with Crippen LogP contribution >= 0.6 is 0 Å². The number of amides is 1. The molecule has 0 saturated carbocycles. The van der Waals surface area contributed by atoms with Crippen molar-refractivity contribution in [3.63, 3.8) is 0 Å². The lowest BCUT2D eigenvalue weighted by Crippen LogP contribution is -2.11. The van der Waals surface area contributed by atoms with Crippen LogP contribution in [-0.4, -0.2) is 5.91 Å². The molecule has 2 rings (SSSR count). The number of hydrogen-bond acceptors (Lipinski definition) is 1. The molecule has 0 spiro atoms. The van der Waals surface area contributed by atoms with Crippen molar-refractivity contribution in [1.29, 1.82) is 0 Å². The zero-order chi connectivity index (χ0) is 12.4. The molecule has 2 aromatic carbocycles. The molecule has 0 aliphatic carbocycles. The van der Waals surface area contributed by atoms with E-state index in [1.807, 2.05) is 30.3 Å². The molecule has 0 aliphatic heterocycles. The number of carbonyl (C=O) groups excluding carboxylic acids is 1. The van der Waals surface area contributed by atoms with E-state index in [0.29, 0.717) is 11.1 Å². The second kappa shape index (κ2) is 4.37. The van der Waals surface area contributed by atoms with Gasteiger partial charge in [-0.1, -0.05) is 30.3 Å². The summed E-state index contributed by atoms with van der Waals surface area (Å²) in [5.74, 6) is -1.04. The van der Waals surface area contributed by atoms with E-state index in [-0.39, 0.29) is 5.56 Å². The van der Waals surface area contributed by atoms with Gasteiger partial charge in [-0.25, -0.2) is 4.39 Å². The van der Waals surface area contributed by atoms with Crippen LogP contribution in [0.5, 0.6) is 0 Å². The maximum absolute atomic E-state index is 13.7. The molecule has 0 bridgehead atoms. The molecule has 2 nitrogen and oxygen atoms in total. The lowest BCUT2D eigenvalue weighted by atomic mass is 9.97. The van der Waals surface area contributed by atoms with Gasteiger partial charge in [-0.05, 0) is 35.7 Å². The van der Waals surface area contributed by atoms with Crippen LogP contribution in [0.4, 0.5) is 4.39 Å². The molecular weight excluding hydrogens is 217 g/mol. The average Bonchev–Trinajstić information content (AvgIpc) is 2.33. The average molecular weight is 229 g/mol. The number of carbonyl (C=O) groups is 1. The first-order chi connectivity index (χ1) is 8.09. The molecule has 0 heterocycles. The molecule has 0 aromatic heterocycles. The summed E-state index contributed by atoms with van der Waals surface area (Å²) in [6.07, 6.45) is 0. The Kier molecular flexibility index (Phi) is 2.91. The maximum atomic E-state index is 13.7. The number of benzene rings is 2. The highest BCUT2D eigenvalue weighted by atomic mass is 19.1. The minimum atomic E-state index is -0.624. The van der Waals surface area contributed by atoms with Gasteiger partial charge < -0.3 is 5.73 Å².